The number of anilines is 2. The van der Waals surface area contributed by atoms with Crippen LogP contribution in [-0.2, 0) is 20.0 Å². The molecule has 2 aliphatic carbocycles. The number of aromatic nitrogens is 8. The molecule has 61 heavy (non-hydrogen) atoms. The Hall–Kier alpha value is -3.35. The minimum absolute atomic E-state index is 0.191. The Morgan fingerprint density at radius 1 is 0.656 bits per heavy atom. The molecule has 2 saturated carbocycles. The van der Waals surface area contributed by atoms with E-state index < -0.39 is 20.0 Å². The van der Waals surface area contributed by atoms with Crippen molar-refractivity contribution in [1.82, 2.24) is 60.1 Å². The summed E-state index contributed by atoms with van der Waals surface area (Å²) in [5.74, 6) is 0.887. The number of halogens is 1. The summed E-state index contributed by atoms with van der Waals surface area (Å²) in [5.41, 5.74) is 3.04. The molecule has 0 spiro atoms. The number of sulfonamides is 2. The van der Waals surface area contributed by atoms with Crippen LogP contribution in [0.25, 0.3) is 22.8 Å². The first-order valence-corrected chi connectivity index (χ1v) is 25.8. The zero-order valence-electron chi connectivity index (χ0n) is 36.2. The lowest BCUT2D eigenvalue weighted by Gasteiger charge is -2.40. The van der Waals surface area contributed by atoms with Crippen LogP contribution in [0.3, 0.4) is 0 Å². The van der Waals surface area contributed by atoms with Gasteiger partial charge in [0.15, 0.2) is 0 Å². The Balaban J connectivity index is 0.000000189. The molecule has 18 nitrogen and oxygen atoms in total. The van der Waals surface area contributed by atoms with Crippen LogP contribution in [0.2, 0.25) is 0 Å². The van der Waals surface area contributed by atoms with E-state index in [2.05, 4.69) is 111 Å². The van der Waals surface area contributed by atoms with Crippen LogP contribution >= 0.6 is 22.6 Å². The summed E-state index contributed by atoms with van der Waals surface area (Å²) in [5, 5.41) is 36.3. The lowest BCUT2D eigenvalue weighted by atomic mass is 9.95. The molecule has 2 aromatic heterocycles. The van der Waals surface area contributed by atoms with Gasteiger partial charge in [0.05, 0.1) is 21.9 Å². The molecule has 21 heteroatoms. The monoisotopic (exact) mass is 994 g/mol. The maximum absolute atomic E-state index is 12.4. The standard InChI is InChI=1S/C20H31N7O2S.C17H25N7O2S.C3H7I/c1-14(2)26-12-16(13-26)27-24-20(23-25-27)18-11-17(30(28,29)21-3)9-10-19(18)22-15-7-5-4-6-8-15;1-18-27(25,26)14-7-8-16(20-12-5-3-2-4-6-12)15(9-14)17-21-23-24(22-17)13-10-19-11-13;1-3(2)4/h9-11,14-16,21-22H,4-8,12-13H2,1-3H3;7-9,12-13,18-20H,2-6,10-11H2,1H3;3H,1-2H3. The van der Waals surface area contributed by atoms with Gasteiger partial charge < -0.3 is 16.0 Å². The Morgan fingerprint density at radius 2 is 1.07 bits per heavy atom. The largest absolute Gasteiger partial charge is 0.382 e. The molecule has 5 N–H and O–H groups in total. The van der Waals surface area contributed by atoms with Crippen molar-refractivity contribution in [2.45, 2.75) is 136 Å². The molecule has 0 unspecified atom stereocenters. The quantitative estimate of drug-likeness (QED) is 0.0857. The van der Waals surface area contributed by atoms with Gasteiger partial charge in [-0.25, -0.2) is 26.3 Å². The Bertz CT molecular complexity index is 2240. The molecule has 0 atom stereocenters. The second kappa shape index (κ2) is 21.3. The third-order valence-electron chi connectivity index (χ3n) is 11.4. The van der Waals surface area contributed by atoms with Crippen LogP contribution in [-0.4, -0.2) is 124 Å². The van der Waals surface area contributed by atoms with Crippen molar-refractivity contribution in [3.8, 4) is 22.8 Å². The van der Waals surface area contributed by atoms with Crippen LogP contribution in [0, 0.1) is 0 Å². The molecule has 2 aliphatic heterocycles. The normalized spacial score (nSPS) is 18.4. The minimum Gasteiger partial charge on any atom is -0.382 e. The molecule has 8 rings (SSSR count). The zero-order chi connectivity index (χ0) is 43.7. The lowest BCUT2D eigenvalue weighted by molar-refractivity contribution is 0.0585. The van der Waals surface area contributed by atoms with Crippen molar-refractivity contribution in [3.05, 3.63) is 36.4 Å². The maximum Gasteiger partial charge on any atom is 0.240 e. The number of hydrogen-bond donors (Lipinski definition) is 5. The van der Waals surface area contributed by atoms with E-state index in [-0.39, 0.29) is 21.9 Å². The number of nitrogens with one attached hydrogen (secondary N) is 5. The van der Waals surface area contributed by atoms with E-state index in [4.69, 9.17) is 0 Å². The van der Waals surface area contributed by atoms with E-state index in [0.717, 1.165) is 67.2 Å². The summed E-state index contributed by atoms with van der Waals surface area (Å²) in [6, 6.07) is 11.8. The molecule has 0 amide bonds. The number of likely N-dealkylation sites (tertiary alicyclic amines) is 1. The Morgan fingerprint density at radius 3 is 1.43 bits per heavy atom. The first-order chi connectivity index (χ1) is 29.2. The van der Waals surface area contributed by atoms with Gasteiger partial charge in [-0.15, -0.1) is 20.4 Å². The molecular formula is C40H63IN14O4S2. The third kappa shape index (κ3) is 12.4. The minimum atomic E-state index is -3.57. The van der Waals surface area contributed by atoms with Gasteiger partial charge in [0.1, 0.15) is 0 Å². The molecule has 4 aliphatic rings. The van der Waals surface area contributed by atoms with E-state index >= 15 is 0 Å². The summed E-state index contributed by atoms with van der Waals surface area (Å²) in [4.78, 5) is 6.01. The fourth-order valence-corrected chi connectivity index (χ4v) is 9.15. The molecule has 2 saturated heterocycles. The van der Waals surface area contributed by atoms with Gasteiger partial charge >= 0.3 is 0 Å². The number of rotatable bonds is 13. The molecule has 4 aromatic rings. The topological polar surface area (TPSA) is 219 Å². The second-order valence-electron chi connectivity index (χ2n) is 16.7. The Labute approximate surface area is 374 Å². The van der Waals surface area contributed by atoms with Crippen LogP contribution in [0.1, 0.15) is 104 Å². The predicted octanol–water partition coefficient (Wildman–Crippen LogP) is 5.22. The highest BCUT2D eigenvalue weighted by molar-refractivity contribution is 14.1. The third-order valence-corrected chi connectivity index (χ3v) is 14.3. The van der Waals surface area contributed by atoms with Crippen molar-refractivity contribution in [3.63, 3.8) is 0 Å². The average Bonchev–Trinajstić information content (AvgIpc) is 3.88. The highest BCUT2D eigenvalue weighted by atomic mass is 127. The van der Waals surface area contributed by atoms with Gasteiger partial charge in [-0.2, -0.15) is 9.59 Å². The van der Waals surface area contributed by atoms with Gasteiger partial charge in [0.25, 0.3) is 0 Å². The summed E-state index contributed by atoms with van der Waals surface area (Å²) in [6.07, 6.45) is 11.8. The predicted molar refractivity (Wildman–Crippen MR) is 247 cm³/mol. The smallest absolute Gasteiger partial charge is 0.240 e. The Kier molecular flexibility index (Phi) is 16.5. The first kappa shape index (κ1) is 47.1. The number of alkyl halides is 1. The number of tetrazole rings is 2. The fourth-order valence-electron chi connectivity index (χ4n) is 7.64. The van der Waals surface area contributed by atoms with E-state index in [1.165, 1.54) is 52.6 Å². The second-order valence-corrected chi connectivity index (χ2v) is 22.9. The van der Waals surface area contributed by atoms with Crippen molar-refractivity contribution < 1.29 is 16.8 Å². The number of benzene rings is 2. The highest BCUT2D eigenvalue weighted by Gasteiger charge is 2.32. The lowest BCUT2D eigenvalue weighted by Crippen LogP contribution is -2.51. The summed E-state index contributed by atoms with van der Waals surface area (Å²) >= 11 is 2.34. The van der Waals surface area contributed by atoms with Crippen molar-refractivity contribution in [2.75, 3.05) is 50.9 Å². The molecule has 336 valence electrons. The maximum atomic E-state index is 12.4. The van der Waals surface area contributed by atoms with Crippen LogP contribution in [0.15, 0.2) is 46.2 Å². The van der Waals surface area contributed by atoms with Gasteiger partial charge in [-0.05, 0) is 100 Å². The summed E-state index contributed by atoms with van der Waals surface area (Å²) in [7, 11) is -4.30. The number of nitrogens with zero attached hydrogens (tertiary/aromatic N) is 9. The van der Waals surface area contributed by atoms with E-state index in [0.29, 0.717) is 40.9 Å². The van der Waals surface area contributed by atoms with E-state index in [1.807, 2.05) is 6.07 Å². The summed E-state index contributed by atoms with van der Waals surface area (Å²) < 4.78 is 54.8. The molecule has 0 bridgehead atoms. The SMILES string of the molecule is CC(C)I.CNS(=O)(=O)c1ccc(NC2CCCCC2)c(-c2nnn(C3CN(C(C)C)C3)n2)c1.CNS(=O)(=O)c1ccc(NC2CCCCC2)c(-c2nnn(C3CNC3)n2)c1. The van der Waals surface area contributed by atoms with Crippen LogP contribution in [0.4, 0.5) is 11.4 Å². The zero-order valence-corrected chi connectivity index (χ0v) is 40.0. The number of hydrogen-bond acceptors (Lipinski definition) is 14. The molecule has 4 fully saturated rings. The van der Waals surface area contributed by atoms with Crippen molar-refractivity contribution in [2.24, 2.45) is 0 Å². The summed E-state index contributed by atoms with van der Waals surface area (Å²) in [6.45, 7) is 12.1. The molecule has 2 aromatic carbocycles. The van der Waals surface area contributed by atoms with Crippen LogP contribution in [0.5, 0.6) is 0 Å². The van der Waals surface area contributed by atoms with E-state index in [1.54, 1.807) is 39.9 Å². The first-order valence-electron chi connectivity index (χ1n) is 21.5. The van der Waals surface area contributed by atoms with Gasteiger partial charge in [-0.3, -0.25) is 4.90 Å². The molecule has 0 radical (unpaired) electrons. The van der Waals surface area contributed by atoms with Crippen LogP contribution < -0.4 is 25.4 Å². The van der Waals surface area contributed by atoms with Gasteiger partial charge in [-0.1, -0.05) is 75.0 Å². The van der Waals surface area contributed by atoms with Gasteiger partial charge in [0.2, 0.25) is 31.7 Å². The van der Waals surface area contributed by atoms with Crippen molar-refractivity contribution >= 4 is 54.0 Å². The molecular weight excluding hydrogens is 932 g/mol. The molecule has 4 heterocycles. The highest BCUT2D eigenvalue weighted by Crippen LogP contribution is 2.33. The van der Waals surface area contributed by atoms with Crippen molar-refractivity contribution in [1.29, 1.82) is 0 Å². The fraction of sp³-hybridized carbons (Fsp3) is 0.650. The van der Waals surface area contributed by atoms with Gasteiger partial charge in [0, 0.05) is 70.7 Å². The van der Waals surface area contributed by atoms with E-state index in [9.17, 15) is 16.8 Å². The average molecular weight is 995 g/mol.